The molecular weight excluding hydrogens is 693 g/mol. The van der Waals surface area contributed by atoms with Gasteiger partial charge in [0.25, 0.3) is 0 Å². The fourth-order valence-electron chi connectivity index (χ4n) is 10.1. The molecule has 0 bridgehead atoms. The van der Waals surface area contributed by atoms with E-state index in [4.69, 9.17) is 0 Å². The molecule has 56 heavy (non-hydrogen) atoms. The first-order valence-corrected chi connectivity index (χ1v) is 20.4. The van der Waals surface area contributed by atoms with Crippen molar-refractivity contribution < 1.29 is 0 Å². The average molecular weight is 729 g/mol. The first-order valence-electron chi connectivity index (χ1n) is 19.6. The number of fused-ring (bicyclic) bond motifs is 12. The van der Waals surface area contributed by atoms with Crippen molar-refractivity contribution in [3.63, 3.8) is 0 Å². The lowest BCUT2D eigenvalue weighted by Crippen LogP contribution is -2.15. The van der Waals surface area contributed by atoms with Crippen LogP contribution >= 0.6 is 11.3 Å². The lowest BCUT2D eigenvalue weighted by molar-refractivity contribution is 0.667. The van der Waals surface area contributed by atoms with Gasteiger partial charge in [0.2, 0.25) is 0 Å². The van der Waals surface area contributed by atoms with Gasteiger partial charge in [-0.25, -0.2) is 0 Å². The molecule has 1 heteroatoms. The second-order valence-electron chi connectivity index (χ2n) is 16.0. The molecule has 0 amide bonds. The Hall–Kier alpha value is -6.54. The molecule has 0 fully saturated rings. The maximum Gasteiger partial charge on any atom is 0.0361 e. The normalized spacial score (nSPS) is 13.3. The van der Waals surface area contributed by atoms with Crippen LogP contribution in [0.2, 0.25) is 0 Å². The van der Waals surface area contributed by atoms with Crippen molar-refractivity contribution in [1.29, 1.82) is 0 Å². The summed E-state index contributed by atoms with van der Waals surface area (Å²) in [6.07, 6.45) is 0. The van der Waals surface area contributed by atoms with E-state index < -0.39 is 0 Å². The molecule has 0 aliphatic heterocycles. The van der Waals surface area contributed by atoms with Gasteiger partial charge in [-0.2, -0.15) is 0 Å². The summed E-state index contributed by atoms with van der Waals surface area (Å²) in [4.78, 5) is 0. The van der Waals surface area contributed by atoms with Gasteiger partial charge in [0.05, 0.1) is 0 Å². The summed E-state index contributed by atoms with van der Waals surface area (Å²) in [5.41, 5.74) is 13.0. The molecule has 1 aliphatic rings. The van der Waals surface area contributed by atoms with Crippen molar-refractivity contribution in [2.75, 3.05) is 0 Å². The van der Waals surface area contributed by atoms with Crippen LogP contribution in [0, 0.1) is 0 Å². The molecule has 10 aromatic carbocycles. The highest BCUT2D eigenvalue weighted by molar-refractivity contribution is 7.26. The summed E-state index contributed by atoms with van der Waals surface area (Å²) in [5, 5.41) is 13.2. The van der Waals surface area contributed by atoms with Crippen molar-refractivity contribution in [2.45, 2.75) is 19.3 Å². The Bertz CT molecular complexity index is 3370. The van der Waals surface area contributed by atoms with Crippen LogP contribution < -0.4 is 0 Å². The van der Waals surface area contributed by atoms with Crippen LogP contribution in [0.5, 0.6) is 0 Å². The predicted molar refractivity (Wildman–Crippen MR) is 243 cm³/mol. The summed E-state index contributed by atoms with van der Waals surface area (Å²) in [6, 6.07) is 68.1. The molecule has 0 atom stereocenters. The van der Waals surface area contributed by atoms with Gasteiger partial charge in [0.15, 0.2) is 0 Å². The van der Waals surface area contributed by atoms with Crippen LogP contribution in [0.25, 0.3) is 108 Å². The Morgan fingerprint density at radius 3 is 1.70 bits per heavy atom. The fraction of sp³-hybridized carbons (Fsp3) is 0.0545. The maximum absolute atomic E-state index is 2.44. The largest absolute Gasteiger partial charge is 0.135 e. The van der Waals surface area contributed by atoms with Crippen LogP contribution in [-0.4, -0.2) is 0 Å². The molecule has 262 valence electrons. The van der Waals surface area contributed by atoms with E-state index in [1.54, 1.807) is 0 Å². The minimum atomic E-state index is -0.121. The van der Waals surface area contributed by atoms with Gasteiger partial charge >= 0.3 is 0 Å². The van der Waals surface area contributed by atoms with Crippen molar-refractivity contribution in [3.8, 4) is 44.5 Å². The zero-order chi connectivity index (χ0) is 37.1. The number of hydrogen-bond acceptors (Lipinski definition) is 1. The highest BCUT2D eigenvalue weighted by Crippen LogP contribution is 2.54. The second kappa shape index (κ2) is 11.7. The topological polar surface area (TPSA) is 0 Å². The SMILES string of the molecule is CC1(C)c2ccc(-c3ccc(-c4c5ccccc5c(-c5cccc6ccccc56)c5ccccc45)cc3)cc2-c2ccc3ccc4sc5ccccc5c4c3c21. The minimum absolute atomic E-state index is 0.121. The van der Waals surface area contributed by atoms with Crippen molar-refractivity contribution in [3.05, 3.63) is 193 Å². The van der Waals surface area contributed by atoms with Crippen LogP contribution in [-0.2, 0) is 5.41 Å². The van der Waals surface area contributed by atoms with Crippen molar-refractivity contribution >= 4 is 74.6 Å². The quantitative estimate of drug-likeness (QED) is 0.159. The number of hydrogen-bond donors (Lipinski definition) is 0. The number of thiophene rings is 1. The molecule has 0 radical (unpaired) electrons. The van der Waals surface area contributed by atoms with Crippen LogP contribution in [0.1, 0.15) is 25.0 Å². The van der Waals surface area contributed by atoms with Crippen LogP contribution in [0.3, 0.4) is 0 Å². The fourth-order valence-corrected chi connectivity index (χ4v) is 11.2. The second-order valence-corrected chi connectivity index (χ2v) is 17.0. The molecule has 12 rings (SSSR count). The molecule has 0 spiro atoms. The molecule has 0 nitrogen and oxygen atoms in total. The molecule has 0 unspecified atom stereocenters. The first kappa shape index (κ1) is 31.8. The predicted octanol–water partition coefficient (Wildman–Crippen LogP) is 16.0. The van der Waals surface area contributed by atoms with E-state index in [1.165, 1.54) is 119 Å². The number of benzene rings is 10. The Kier molecular flexibility index (Phi) is 6.66. The monoisotopic (exact) mass is 728 g/mol. The lowest BCUT2D eigenvalue weighted by Gasteiger charge is -2.24. The van der Waals surface area contributed by atoms with E-state index in [0.29, 0.717) is 0 Å². The first-order chi connectivity index (χ1) is 27.5. The van der Waals surface area contributed by atoms with E-state index in [2.05, 4.69) is 196 Å². The Morgan fingerprint density at radius 2 is 0.946 bits per heavy atom. The summed E-state index contributed by atoms with van der Waals surface area (Å²) in [7, 11) is 0. The van der Waals surface area contributed by atoms with E-state index >= 15 is 0 Å². The zero-order valence-electron chi connectivity index (χ0n) is 31.2. The molecule has 0 saturated carbocycles. The minimum Gasteiger partial charge on any atom is -0.135 e. The summed E-state index contributed by atoms with van der Waals surface area (Å²) in [5.74, 6) is 0. The molecule has 0 saturated heterocycles. The van der Waals surface area contributed by atoms with Crippen LogP contribution in [0.15, 0.2) is 182 Å². The van der Waals surface area contributed by atoms with E-state index in [9.17, 15) is 0 Å². The summed E-state index contributed by atoms with van der Waals surface area (Å²) >= 11 is 1.91. The molecule has 1 aromatic heterocycles. The maximum atomic E-state index is 2.44. The van der Waals surface area contributed by atoms with E-state index in [1.807, 2.05) is 11.3 Å². The van der Waals surface area contributed by atoms with Gasteiger partial charge in [-0.15, -0.1) is 11.3 Å². The Morgan fingerprint density at radius 1 is 0.357 bits per heavy atom. The average Bonchev–Trinajstić information content (AvgIpc) is 3.74. The Labute approximate surface area is 329 Å². The summed E-state index contributed by atoms with van der Waals surface area (Å²) < 4.78 is 2.72. The molecule has 0 N–H and O–H groups in total. The van der Waals surface area contributed by atoms with Gasteiger partial charge in [0, 0.05) is 25.6 Å². The highest BCUT2D eigenvalue weighted by Gasteiger charge is 2.37. The summed E-state index contributed by atoms with van der Waals surface area (Å²) in [6.45, 7) is 4.83. The van der Waals surface area contributed by atoms with Gasteiger partial charge < -0.3 is 0 Å². The van der Waals surface area contributed by atoms with Crippen molar-refractivity contribution in [1.82, 2.24) is 0 Å². The number of rotatable bonds is 3. The van der Waals surface area contributed by atoms with Gasteiger partial charge in [0.1, 0.15) is 0 Å². The van der Waals surface area contributed by atoms with Gasteiger partial charge in [-0.3, -0.25) is 0 Å². The van der Waals surface area contributed by atoms with Gasteiger partial charge in [-0.05, 0) is 117 Å². The molecule has 1 aliphatic carbocycles. The third kappa shape index (κ3) is 4.41. The van der Waals surface area contributed by atoms with Crippen LogP contribution in [0.4, 0.5) is 0 Å². The smallest absolute Gasteiger partial charge is 0.0361 e. The third-order valence-corrected chi connectivity index (χ3v) is 13.8. The molecular formula is C55H36S. The van der Waals surface area contributed by atoms with E-state index in [-0.39, 0.29) is 5.41 Å². The highest BCUT2D eigenvalue weighted by atomic mass is 32.1. The molecule has 11 aromatic rings. The standard InChI is InChI=1S/C55H36S/c1-55(2)47-30-27-37(32-46(47)44-29-26-36-28-31-49-53(51(36)54(44)55)45-19-9-10-21-48(45)56-49)33-22-24-35(25-23-33)50-40-15-5-7-17-42(40)52(43-18-8-6-16-41(43)50)39-20-11-13-34-12-3-4-14-38(34)39/h3-32H,1-2H3. The molecule has 1 heterocycles. The van der Waals surface area contributed by atoms with Crippen molar-refractivity contribution in [2.24, 2.45) is 0 Å². The van der Waals surface area contributed by atoms with Gasteiger partial charge in [-0.1, -0.05) is 178 Å². The third-order valence-electron chi connectivity index (χ3n) is 12.6. The van der Waals surface area contributed by atoms with E-state index in [0.717, 1.165) is 0 Å². The Balaban J connectivity index is 1.01. The zero-order valence-corrected chi connectivity index (χ0v) is 32.0. The lowest BCUT2D eigenvalue weighted by atomic mass is 9.79.